The minimum atomic E-state index is -0.517. The molecule has 15 heavy (non-hydrogen) atoms. The number of nitrogens with two attached hydrogens (primary N) is 1. The van der Waals surface area contributed by atoms with Gasteiger partial charge in [0.2, 0.25) is 5.91 Å². The average Bonchev–Trinajstić information content (AvgIpc) is 2.48. The van der Waals surface area contributed by atoms with Crippen LogP contribution in [0, 0.1) is 5.92 Å². The summed E-state index contributed by atoms with van der Waals surface area (Å²) in [5.41, 5.74) is 5.65. The summed E-state index contributed by atoms with van der Waals surface area (Å²) < 4.78 is 1.85. The maximum Gasteiger partial charge on any atom is 0.229 e. The number of rotatable bonds is 4. The smallest absolute Gasteiger partial charge is 0.229 e. The lowest BCUT2D eigenvalue weighted by molar-refractivity contribution is -0.127. The molecule has 0 aromatic carbocycles. The molecule has 7 heteroatoms. The molecule has 0 aromatic rings. The van der Waals surface area contributed by atoms with Gasteiger partial charge in [0, 0.05) is 19.9 Å². The predicted molar refractivity (Wildman–Crippen MR) is 69.4 cm³/mol. The number of ketones is 1. The first kappa shape index (κ1) is 13.5. The average molecular weight is 266 g/mol. The summed E-state index contributed by atoms with van der Waals surface area (Å²) >= 11 is 0. The second-order valence-corrected chi connectivity index (χ2v) is 9.99. The van der Waals surface area contributed by atoms with Gasteiger partial charge in [-0.25, -0.2) is 0 Å². The number of hydrogen-bond acceptors (Lipinski definition) is 3. The molecule has 1 fully saturated rings. The Labute approximate surface area is 95.7 Å². The van der Waals surface area contributed by atoms with E-state index in [1.807, 2.05) is 4.67 Å². The third-order valence-corrected chi connectivity index (χ3v) is 5.26. The topological polar surface area (TPSA) is 63.4 Å². The molecule has 2 N–H and O–H groups in total. The standard InChI is InChI=1S/C8H17N2O2P3/c1-5(11)7(9)4-6-2-3-10(8(6)12)15(13)14/h6-7H,2-4,9,13-14H2,1H3. The molecule has 1 aliphatic rings. The molecule has 1 heterocycles. The fourth-order valence-corrected chi connectivity index (χ4v) is 3.76. The predicted octanol–water partition coefficient (Wildman–Crippen LogP) is 1.12. The van der Waals surface area contributed by atoms with Crippen LogP contribution in [-0.4, -0.2) is 28.9 Å². The number of amides is 1. The Hall–Kier alpha value is 0.390. The van der Waals surface area contributed by atoms with E-state index >= 15 is 0 Å². The number of carbonyl (C=O) groups excluding carboxylic acids is 2. The van der Waals surface area contributed by atoms with Crippen molar-refractivity contribution in [1.82, 2.24) is 4.67 Å². The van der Waals surface area contributed by atoms with Crippen LogP contribution in [0.15, 0.2) is 0 Å². The van der Waals surface area contributed by atoms with E-state index in [-0.39, 0.29) is 17.6 Å². The number of carbonyl (C=O) groups is 2. The zero-order valence-electron chi connectivity index (χ0n) is 8.72. The monoisotopic (exact) mass is 266 g/mol. The van der Waals surface area contributed by atoms with Crippen molar-refractivity contribution in [3.05, 3.63) is 0 Å². The van der Waals surface area contributed by atoms with Crippen molar-refractivity contribution in [2.75, 3.05) is 6.54 Å². The van der Waals surface area contributed by atoms with Crippen LogP contribution in [-0.2, 0) is 9.59 Å². The first-order valence-electron chi connectivity index (χ1n) is 4.80. The van der Waals surface area contributed by atoms with Crippen molar-refractivity contribution in [2.24, 2.45) is 11.7 Å². The Balaban J connectivity index is 2.53. The van der Waals surface area contributed by atoms with Gasteiger partial charge in [-0.3, -0.25) is 9.59 Å². The first-order chi connectivity index (χ1) is 6.93. The van der Waals surface area contributed by atoms with E-state index < -0.39 is 13.5 Å². The number of hydrogen-bond donors (Lipinski definition) is 1. The zero-order valence-corrected chi connectivity index (χ0v) is 11.9. The normalized spacial score (nSPS) is 23.7. The van der Waals surface area contributed by atoms with Gasteiger partial charge in [0.1, 0.15) is 5.78 Å². The maximum absolute atomic E-state index is 11.9. The quantitative estimate of drug-likeness (QED) is 0.775. The largest absolute Gasteiger partial charge is 0.321 e. The molecule has 4 atom stereocenters. The van der Waals surface area contributed by atoms with Gasteiger partial charge in [-0.05, 0) is 19.8 Å². The van der Waals surface area contributed by atoms with Gasteiger partial charge < -0.3 is 10.4 Å². The summed E-state index contributed by atoms with van der Waals surface area (Å²) in [4.78, 5) is 22.9. The van der Waals surface area contributed by atoms with Crippen LogP contribution >= 0.6 is 25.3 Å². The van der Waals surface area contributed by atoms with Crippen LogP contribution in [0.5, 0.6) is 0 Å². The number of nitrogens with zero attached hydrogens (tertiary/aromatic N) is 1. The van der Waals surface area contributed by atoms with Crippen molar-refractivity contribution in [3.8, 4) is 0 Å². The van der Waals surface area contributed by atoms with Crippen molar-refractivity contribution in [3.63, 3.8) is 0 Å². The summed E-state index contributed by atoms with van der Waals surface area (Å²) in [5.74, 6) is 0.0399. The molecule has 0 saturated carbocycles. The summed E-state index contributed by atoms with van der Waals surface area (Å²) in [6.07, 6.45) is 1.31. The lowest BCUT2D eigenvalue weighted by atomic mass is 9.97. The Morgan fingerprint density at radius 2 is 2.33 bits per heavy atom. The van der Waals surface area contributed by atoms with Gasteiger partial charge in [0.15, 0.2) is 0 Å². The molecule has 1 aliphatic heterocycles. The molecule has 1 saturated heterocycles. The Bertz CT molecular complexity index is 273. The SMILES string of the molecule is CC(=O)C(N)CC1CCN(P(P)P)C1=O. The van der Waals surface area contributed by atoms with Crippen LogP contribution in [0.2, 0.25) is 0 Å². The third-order valence-electron chi connectivity index (χ3n) is 2.63. The summed E-state index contributed by atoms with van der Waals surface area (Å²) in [6.45, 7) is 2.26. The Morgan fingerprint density at radius 1 is 1.73 bits per heavy atom. The molecule has 0 aromatic heterocycles. The molecule has 86 valence electrons. The highest BCUT2D eigenvalue weighted by Crippen LogP contribution is 2.58. The van der Waals surface area contributed by atoms with E-state index in [1.165, 1.54) is 6.92 Å². The summed E-state index contributed by atoms with van der Waals surface area (Å²) in [6, 6.07) is -0.487. The van der Waals surface area contributed by atoms with Crippen LogP contribution in [0.1, 0.15) is 19.8 Å². The molecule has 0 bridgehead atoms. The molecule has 4 unspecified atom stereocenters. The highest BCUT2D eigenvalue weighted by Gasteiger charge is 2.34. The van der Waals surface area contributed by atoms with E-state index in [2.05, 4.69) is 17.9 Å². The van der Waals surface area contributed by atoms with E-state index in [0.29, 0.717) is 6.42 Å². The van der Waals surface area contributed by atoms with Crippen molar-refractivity contribution >= 4 is 37.0 Å². The molecular weight excluding hydrogens is 249 g/mol. The fraction of sp³-hybridized carbons (Fsp3) is 0.750. The van der Waals surface area contributed by atoms with Crippen molar-refractivity contribution in [2.45, 2.75) is 25.8 Å². The minimum Gasteiger partial charge on any atom is -0.321 e. The van der Waals surface area contributed by atoms with E-state index in [4.69, 9.17) is 5.73 Å². The van der Waals surface area contributed by atoms with Crippen molar-refractivity contribution < 1.29 is 9.59 Å². The Morgan fingerprint density at radius 3 is 2.73 bits per heavy atom. The Kier molecular flexibility index (Phi) is 5.06. The molecule has 4 nitrogen and oxygen atoms in total. The van der Waals surface area contributed by atoms with E-state index in [9.17, 15) is 9.59 Å². The molecule has 1 amide bonds. The summed E-state index contributed by atoms with van der Waals surface area (Å²) in [5, 5.41) is 0. The van der Waals surface area contributed by atoms with Gasteiger partial charge >= 0.3 is 0 Å². The van der Waals surface area contributed by atoms with Gasteiger partial charge in [-0.15, -0.1) is 0 Å². The van der Waals surface area contributed by atoms with E-state index in [0.717, 1.165) is 13.0 Å². The second kappa shape index (κ2) is 5.64. The molecule has 0 radical (unpaired) electrons. The van der Waals surface area contributed by atoms with Crippen LogP contribution in [0.4, 0.5) is 0 Å². The van der Waals surface area contributed by atoms with Crippen molar-refractivity contribution in [1.29, 1.82) is 0 Å². The highest BCUT2D eigenvalue weighted by atomic mass is 32.4. The van der Waals surface area contributed by atoms with Crippen LogP contribution in [0.3, 0.4) is 0 Å². The summed E-state index contributed by atoms with van der Waals surface area (Å²) in [7, 11) is 4.76. The third kappa shape index (κ3) is 3.43. The first-order valence-corrected chi connectivity index (χ1v) is 9.33. The lowest BCUT2D eigenvalue weighted by Crippen LogP contribution is -2.33. The van der Waals surface area contributed by atoms with Crippen LogP contribution < -0.4 is 5.73 Å². The number of Topliss-reactive ketones (excluding diaryl/α,β-unsaturated/α-hetero) is 1. The minimum absolute atomic E-state index is 0.0414. The van der Waals surface area contributed by atoms with E-state index in [1.54, 1.807) is 0 Å². The zero-order chi connectivity index (χ0) is 11.6. The molecule has 0 aliphatic carbocycles. The molecule has 0 spiro atoms. The fourth-order valence-electron chi connectivity index (χ4n) is 1.64. The lowest BCUT2D eigenvalue weighted by Gasteiger charge is -2.20. The highest BCUT2D eigenvalue weighted by molar-refractivity contribution is 8.42. The van der Waals surface area contributed by atoms with Gasteiger partial charge in [-0.2, -0.15) is 0 Å². The molecular formula is C8H17N2O2P3. The van der Waals surface area contributed by atoms with Gasteiger partial charge in [0.05, 0.1) is 6.04 Å². The maximum atomic E-state index is 11.9. The van der Waals surface area contributed by atoms with Crippen LogP contribution in [0.25, 0.3) is 0 Å². The second-order valence-electron chi connectivity index (χ2n) is 3.78. The van der Waals surface area contributed by atoms with Gasteiger partial charge in [0.25, 0.3) is 0 Å². The molecule has 1 rings (SSSR count). The van der Waals surface area contributed by atoms with Gasteiger partial charge in [-0.1, -0.05) is 17.9 Å².